The number of rotatable bonds is 7. The highest BCUT2D eigenvalue weighted by Gasteiger charge is 2.04. The zero-order chi connectivity index (χ0) is 19.1. The summed E-state index contributed by atoms with van der Waals surface area (Å²) in [6, 6.07) is 8.24. The molecule has 8 heteroatoms. The van der Waals surface area contributed by atoms with Crippen LogP contribution in [0.1, 0.15) is 16.4 Å². The normalized spacial score (nSPS) is 11.6. The highest BCUT2D eigenvalue weighted by atomic mass is 32.1. The van der Waals surface area contributed by atoms with E-state index in [0.29, 0.717) is 0 Å². The number of guanidine groups is 1. The Morgan fingerprint density at radius 3 is 2.44 bits per heavy atom. The fraction of sp³-hybridized carbons (Fsp3) is 0.316. The standard InChI is InChI=1S/C19H23FN6S/c1-14-24-17(13-27-14)8-11-23-19(21-2)22-10-7-16-9-12-26(25-16)18-5-3-15(20)4-6-18/h3-6,9,12-13H,7-8,10-11H2,1-2H3,(H2,21,22,23). The first-order valence-electron chi connectivity index (χ1n) is 8.80. The molecule has 142 valence electrons. The summed E-state index contributed by atoms with van der Waals surface area (Å²) in [5, 5.41) is 14.3. The van der Waals surface area contributed by atoms with E-state index >= 15 is 0 Å². The van der Waals surface area contributed by atoms with Crippen LogP contribution >= 0.6 is 11.3 Å². The molecule has 0 aliphatic rings. The van der Waals surface area contributed by atoms with Crippen LogP contribution in [0.5, 0.6) is 0 Å². The maximum Gasteiger partial charge on any atom is 0.191 e. The Balaban J connectivity index is 1.42. The van der Waals surface area contributed by atoms with Gasteiger partial charge < -0.3 is 10.6 Å². The fourth-order valence-electron chi connectivity index (χ4n) is 2.59. The summed E-state index contributed by atoms with van der Waals surface area (Å²) < 4.78 is 14.8. The molecule has 0 saturated heterocycles. The summed E-state index contributed by atoms with van der Waals surface area (Å²) in [6.07, 6.45) is 3.51. The molecule has 27 heavy (non-hydrogen) atoms. The van der Waals surface area contributed by atoms with Crippen molar-refractivity contribution in [3.63, 3.8) is 0 Å². The van der Waals surface area contributed by atoms with Crippen LogP contribution in [0.15, 0.2) is 46.9 Å². The molecule has 0 amide bonds. The second kappa shape index (κ2) is 9.27. The van der Waals surface area contributed by atoms with Crippen molar-refractivity contribution >= 4 is 17.3 Å². The molecule has 3 rings (SSSR count). The summed E-state index contributed by atoms with van der Waals surface area (Å²) in [5.41, 5.74) is 2.90. The molecule has 2 N–H and O–H groups in total. The van der Waals surface area contributed by atoms with Crippen LogP contribution in [0, 0.1) is 12.7 Å². The van der Waals surface area contributed by atoms with Crippen molar-refractivity contribution in [2.24, 2.45) is 4.99 Å². The first-order chi connectivity index (χ1) is 13.1. The Morgan fingerprint density at radius 1 is 1.11 bits per heavy atom. The van der Waals surface area contributed by atoms with E-state index in [2.05, 4.69) is 31.1 Å². The summed E-state index contributed by atoms with van der Waals surface area (Å²) in [4.78, 5) is 8.69. The Bertz CT molecular complexity index is 884. The van der Waals surface area contributed by atoms with Gasteiger partial charge in [-0.25, -0.2) is 14.1 Å². The minimum atomic E-state index is -0.251. The third-order valence-corrected chi connectivity index (χ3v) is 4.80. The number of aromatic nitrogens is 3. The van der Waals surface area contributed by atoms with Crippen LogP contribution in [0.2, 0.25) is 0 Å². The number of nitrogens with one attached hydrogen (secondary N) is 2. The Hall–Kier alpha value is -2.74. The molecule has 0 spiro atoms. The number of aliphatic imine (C=N–C) groups is 1. The fourth-order valence-corrected chi connectivity index (χ4v) is 3.24. The quantitative estimate of drug-likeness (QED) is 0.484. The molecule has 1 aromatic carbocycles. The first-order valence-corrected chi connectivity index (χ1v) is 9.68. The van der Waals surface area contributed by atoms with Crippen LogP contribution < -0.4 is 10.6 Å². The van der Waals surface area contributed by atoms with E-state index in [1.54, 1.807) is 35.2 Å². The zero-order valence-electron chi connectivity index (χ0n) is 15.4. The molecule has 0 atom stereocenters. The summed E-state index contributed by atoms with van der Waals surface area (Å²) >= 11 is 1.67. The predicted molar refractivity (Wildman–Crippen MR) is 107 cm³/mol. The lowest BCUT2D eigenvalue weighted by Crippen LogP contribution is -2.39. The SMILES string of the molecule is CN=C(NCCc1csc(C)n1)NCCc1ccn(-c2ccc(F)cc2)n1. The Labute approximate surface area is 162 Å². The molecule has 2 heterocycles. The van der Waals surface area contributed by atoms with Gasteiger partial charge in [0.15, 0.2) is 5.96 Å². The van der Waals surface area contributed by atoms with Gasteiger partial charge in [0.05, 0.1) is 22.1 Å². The summed E-state index contributed by atoms with van der Waals surface area (Å²) in [7, 11) is 1.76. The number of nitrogens with zero attached hydrogens (tertiary/aromatic N) is 4. The number of halogens is 1. The van der Waals surface area contributed by atoms with E-state index in [4.69, 9.17) is 0 Å². The summed E-state index contributed by atoms with van der Waals surface area (Å²) in [6.45, 7) is 3.51. The molecule has 0 aliphatic heterocycles. The van der Waals surface area contributed by atoms with Gasteiger partial charge in [0.2, 0.25) is 0 Å². The number of benzene rings is 1. The molecule has 0 aliphatic carbocycles. The second-order valence-electron chi connectivity index (χ2n) is 6.01. The van der Waals surface area contributed by atoms with Crippen molar-refractivity contribution in [3.8, 4) is 5.69 Å². The predicted octanol–water partition coefficient (Wildman–Crippen LogP) is 2.73. The van der Waals surface area contributed by atoms with E-state index in [1.165, 1.54) is 12.1 Å². The van der Waals surface area contributed by atoms with Crippen LogP contribution in [-0.2, 0) is 12.8 Å². The topological polar surface area (TPSA) is 67.1 Å². The lowest BCUT2D eigenvalue weighted by atomic mass is 10.3. The van der Waals surface area contributed by atoms with Crippen LogP contribution in [0.25, 0.3) is 5.69 Å². The maximum absolute atomic E-state index is 13.0. The van der Waals surface area contributed by atoms with Crippen molar-refractivity contribution in [1.29, 1.82) is 0 Å². The van der Waals surface area contributed by atoms with Crippen molar-refractivity contribution in [3.05, 3.63) is 64.1 Å². The maximum atomic E-state index is 13.0. The number of hydrogen-bond donors (Lipinski definition) is 2. The molecule has 2 aromatic heterocycles. The molecule has 3 aromatic rings. The van der Waals surface area contributed by atoms with Gasteiger partial charge in [-0.2, -0.15) is 5.10 Å². The Morgan fingerprint density at radius 2 is 1.81 bits per heavy atom. The van der Waals surface area contributed by atoms with Gasteiger partial charge in [0.25, 0.3) is 0 Å². The van der Waals surface area contributed by atoms with E-state index < -0.39 is 0 Å². The summed E-state index contributed by atoms with van der Waals surface area (Å²) in [5.74, 6) is 0.513. The zero-order valence-corrected chi connectivity index (χ0v) is 16.3. The van der Waals surface area contributed by atoms with Crippen molar-refractivity contribution in [2.75, 3.05) is 20.1 Å². The molecule has 6 nitrogen and oxygen atoms in total. The van der Waals surface area contributed by atoms with Crippen molar-refractivity contribution in [1.82, 2.24) is 25.4 Å². The molecule has 0 unspecified atom stereocenters. The molecule has 0 saturated carbocycles. The van der Waals surface area contributed by atoms with Gasteiger partial charge in [0, 0.05) is 44.6 Å². The van der Waals surface area contributed by atoms with Gasteiger partial charge in [-0.05, 0) is 37.3 Å². The lowest BCUT2D eigenvalue weighted by Gasteiger charge is -2.10. The Kier molecular flexibility index (Phi) is 6.54. The monoisotopic (exact) mass is 386 g/mol. The van der Waals surface area contributed by atoms with Gasteiger partial charge in [0.1, 0.15) is 5.82 Å². The third kappa shape index (κ3) is 5.62. The van der Waals surface area contributed by atoms with Gasteiger partial charge in [-0.15, -0.1) is 11.3 Å². The van der Waals surface area contributed by atoms with Crippen molar-refractivity contribution < 1.29 is 4.39 Å². The molecule has 0 fully saturated rings. The molecular formula is C19H23FN6S. The molecular weight excluding hydrogens is 363 g/mol. The van der Waals surface area contributed by atoms with Gasteiger partial charge in [-0.3, -0.25) is 4.99 Å². The minimum Gasteiger partial charge on any atom is -0.356 e. The van der Waals surface area contributed by atoms with Crippen LogP contribution in [0.3, 0.4) is 0 Å². The smallest absolute Gasteiger partial charge is 0.191 e. The minimum absolute atomic E-state index is 0.251. The molecule has 0 radical (unpaired) electrons. The number of aryl methyl sites for hydroxylation is 1. The lowest BCUT2D eigenvalue weighted by molar-refractivity contribution is 0.627. The van der Waals surface area contributed by atoms with Crippen molar-refractivity contribution in [2.45, 2.75) is 19.8 Å². The largest absolute Gasteiger partial charge is 0.356 e. The van der Waals surface area contributed by atoms with E-state index in [0.717, 1.165) is 54.0 Å². The first kappa shape index (κ1) is 19.0. The number of thiazole rings is 1. The second-order valence-corrected chi connectivity index (χ2v) is 7.07. The van der Waals surface area contributed by atoms with Gasteiger partial charge >= 0.3 is 0 Å². The van der Waals surface area contributed by atoms with E-state index in [-0.39, 0.29) is 5.82 Å². The molecule has 0 bridgehead atoms. The van der Waals surface area contributed by atoms with Gasteiger partial charge in [-0.1, -0.05) is 0 Å². The van der Waals surface area contributed by atoms with Crippen LogP contribution in [0.4, 0.5) is 4.39 Å². The number of hydrogen-bond acceptors (Lipinski definition) is 4. The highest BCUT2D eigenvalue weighted by Crippen LogP contribution is 2.09. The van der Waals surface area contributed by atoms with Crippen LogP contribution in [-0.4, -0.2) is 40.9 Å². The average Bonchev–Trinajstić information content (AvgIpc) is 3.30. The van der Waals surface area contributed by atoms with E-state index in [9.17, 15) is 4.39 Å². The highest BCUT2D eigenvalue weighted by molar-refractivity contribution is 7.09. The van der Waals surface area contributed by atoms with E-state index in [1.807, 2.05) is 19.2 Å². The average molecular weight is 387 g/mol. The third-order valence-electron chi connectivity index (χ3n) is 3.97.